The van der Waals surface area contributed by atoms with Crippen LogP contribution < -0.4 is 5.73 Å². The van der Waals surface area contributed by atoms with Gasteiger partial charge in [0, 0.05) is 0 Å². The molecule has 0 heterocycles. The molecule has 0 radical (unpaired) electrons. The Morgan fingerprint density at radius 1 is 0.387 bits per heavy atom. The monoisotopic (exact) mass is 461 g/mol. The van der Waals surface area contributed by atoms with Crippen molar-refractivity contribution in [1.29, 1.82) is 0 Å². The molecule has 0 aromatic rings. The number of rotatable bonds is 26. The summed E-state index contributed by atoms with van der Waals surface area (Å²) < 4.78 is 29.9. The molecule has 0 aliphatic rings. The predicted octanol–water partition coefficient (Wildman–Crippen LogP) is 8.20. The van der Waals surface area contributed by atoms with E-state index in [2.05, 4.69) is 0 Å². The third-order valence-corrected chi connectivity index (χ3v) is 7.16. The zero-order valence-electron chi connectivity index (χ0n) is 20.6. The first-order chi connectivity index (χ1) is 15.1. The molecule has 0 fully saturated rings. The van der Waals surface area contributed by atoms with Crippen molar-refractivity contribution in [2.24, 2.45) is 5.73 Å². The van der Waals surface area contributed by atoms with Crippen molar-refractivity contribution in [3.63, 3.8) is 0 Å². The fraction of sp³-hybridized carbons (Fsp3) is 1.00. The van der Waals surface area contributed by atoms with E-state index in [1.807, 2.05) is 0 Å². The predicted molar refractivity (Wildman–Crippen MR) is 136 cm³/mol. The van der Waals surface area contributed by atoms with Crippen molar-refractivity contribution < 1.29 is 13.0 Å². The van der Waals surface area contributed by atoms with Crippen LogP contribution in [0.4, 0.5) is 0 Å². The molecule has 5 heteroatoms. The van der Waals surface area contributed by atoms with Crippen LogP contribution in [-0.2, 0) is 10.1 Å². The Hall–Kier alpha value is -0.130. The standard InChI is InChI=1S/C26H55NO3S/c27-25-23-21-19-17-15-13-11-9-7-5-3-1-2-4-6-8-10-12-14-16-18-20-22-24-26-31(28,29)30/h1-27H2,(H,28,29,30). The van der Waals surface area contributed by atoms with Crippen molar-refractivity contribution in [3.05, 3.63) is 0 Å². The number of hydrogen-bond donors (Lipinski definition) is 2. The molecule has 188 valence electrons. The quantitative estimate of drug-likeness (QED) is 0.100. The first kappa shape index (κ1) is 30.9. The fourth-order valence-corrected chi connectivity index (χ4v) is 4.89. The van der Waals surface area contributed by atoms with Gasteiger partial charge in [-0.05, 0) is 19.4 Å². The van der Waals surface area contributed by atoms with E-state index in [1.165, 1.54) is 135 Å². The maximum absolute atomic E-state index is 10.6. The SMILES string of the molecule is NCCCCCCCCCCCCCCCCCCCCCCCCCCS(=O)(=O)O. The molecule has 3 N–H and O–H groups in total. The highest BCUT2D eigenvalue weighted by Gasteiger charge is 2.02. The maximum atomic E-state index is 10.6. The summed E-state index contributed by atoms with van der Waals surface area (Å²) in [7, 11) is -3.75. The van der Waals surface area contributed by atoms with Crippen LogP contribution in [0.3, 0.4) is 0 Å². The minimum atomic E-state index is -3.75. The summed E-state index contributed by atoms with van der Waals surface area (Å²) in [5.41, 5.74) is 5.52. The molecule has 0 aromatic carbocycles. The first-order valence-electron chi connectivity index (χ1n) is 13.7. The Morgan fingerprint density at radius 3 is 0.774 bits per heavy atom. The molecule has 0 bridgehead atoms. The normalized spacial score (nSPS) is 11.9. The van der Waals surface area contributed by atoms with Gasteiger partial charge in [0.2, 0.25) is 0 Å². The van der Waals surface area contributed by atoms with Gasteiger partial charge < -0.3 is 5.73 Å². The van der Waals surface area contributed by atoms with Crippen molar-refractivity contribution in [3.8, 4) is 0 Å². The van der Waals surface area contributed by atoms with E-state index in [4.69, 9.17) is 10.3 Å². The Morgan fingerprint density at radius 2 is 0.581 bits per heavy atom. The van der Waals surface area contributed by atoms with Crippen LogP contribution in [-0.4, -0.2) is 25.3 Å². The Bertz CT molecular complexity index is 440. The summed E-state index contributed by atoms with van der Waals surface area (Å²) in [5, 5.41) is 0. The third kappa shape index (κ3) is 29.9. The van der Waals surface area contributed by atoms with E-state index in [1.54, 1.807) is 0 Å². The van der Waals surface area contributed by atoms with Crippen molar-refractivity contribution in [2.75, 3.05) is 12.3 Å². The lowest BCUT2D eigenvalue weighted by molar-refractivity contribution is 0.478. The van der Waals surface area contributed by atoms with Gasteiger partial charge in [0.25, 0.3) is 10.1 Å². The molecule has 0 saturated carbocycles. The first-order valence-corrected chi connectivity index (χ1v) is 15.3. The summed E-state index contributed by atoms with van der Waals surface area (Å²) in [6.45, 7) is 0.856. The zero-order valence-corrected chi connectivity index (χ0v) is 21.5. The lowest BCUT2D eigenvalue weighted by atomic mass is 10.0. The molecule has 0 spiro atoms. The second-order valence-electron chi connectivity index (χ2n) is 9.56. The van der Waals surface area contributed by atoms with Crippen LogP contribution in [0.5, 0.6) is 0 Å². The largest absolute Gasteiger partial charge is 0.330 e. The average molecular weight is 462 g/mol. The Balaban J connectivity index is 3.04. The third-order valence-electron chi connectivity index (χ3n) is 6.36. The van der Waals surface area contributed by atoms with E-state index in [-0.39, 0.29) is 5.75 Å². The topological polar surface area (TPSA) is 80.4 Å². The molecule has 0 amide bonds. The van der Waals surface area contributed by atoms with Gasteiger partial charge >= 0.3 is 0 Å². The van der Waals surface area contributed by atoms with Gasteiger partial charge in [-0.1, -0.05) is 141 Å². The molecular formula is C26H55NO3S. The van der Waals surface area contributed by atoms with Crippen LogP contribution in [0.2, 0.25) is 0 Å². The summed E-state index contributed by atoms with van der Waals surface area (Å²) in [4.78, 5) is 0. The van der Waals surface area contributed by atoms with Crippen LogP contribution in [0.1, 0.15) is 154 Å². The molecule has 0 unspecified atom stereocenters. The van der Waals surface area contributed by atoms with E-state index >= 15 is 0 Å². The van der Waals surface area contributed by atoms with Gasteiger partial charge in [-0.15, -0.1) is 0 Å². The van der Waals surface area contributed by atoms with Crippen LogP contribution in [0.15, 0.2) is 0 Å². The highest BCUT2D eigenvalue weighted by molar-refractivity contribution is 7.85. The van der Waals surface area contributed by atoms with Gasteiger partial charge in [0.05, 0.1) is 5.75 Å². The minimum Gasteiger partial charge on any atom is -0.330 e. The molecule has 0 aliphatic heterocycles. The Labute approximate surface area is 195 Å². The lowest BCUT2D eigenvalue weighted by Gasteiger charge is -2.04. The van der Waals surface area contributed by atoms with Gasteiger partial charge in [-0.2, -0.15) is 8.42 Å². The van der Waals surface area contributed by atoms with Gasteiger partial charge in [0.15, 0.2) is 0 Å². The van der Waals surface area contributed by atoms with E-state index in [0.29, 0.717) is 6.42 Å². The summed E-state index contributed by atoms with van der Waals surface area (Å²) in [6, 6.07) is 0. The van der Waals surface area contributed by atoms with Crippen LogP contribution >= 0.6 is 0 Å². The number of hydrogen-bond acceptors (Lipinski definition) is 3. The van der Waals surface area contributed by atoms with Gasteiger partial charge in [0.1, 0.15) is 0 Å². The number of unbranched alkanes of at least 4 members (excludes halogenated alkanes) is 23. The molecule has 0 rings (SSSR count). The highest BCUT2D eigenvalue weighted by atomic mass is 32.2. The Kier molecular flexibility index (Phi) is 24.4. The molecule has 4 nitrogen and oxygen atoms in total. The van der Waals surface area contributed by atoms with Crippen molar-refractivity contribution in [1.82, 2.24) is 0 Å². The lowest BCUT2D eigenvalue weighted by Crippen LogP contribution is -2.03. The van der Waals surface area contributed by atoms with Gasteiger partial charge in [-0.25, -0.2) is 0 Å². The molecule has 31 heavy (non-hydrogen) atoms. The van der Waals surface area contributed by atoms with Gasteiger partial charge in [-0.3, -0.25) is 4.55 Å². The smallest absolute Gasteiger partial charge is 0.264 e. The molecule has 0 aromatic heterocycles. The summed E-state index contributed by atoms with van der Waals surface area (Å²) >= 11 is 0. The maximum Gasteiger partial charge on any atom is 0.264 e. The summed E-state index contributed by atoms with van der Waals surface area (Å²) in [6.07, 6.45) is 31.5. The zero-order chi connectivity index (χ0) is 22.9. The van der Waals surface area contributed by atoms with Crippen molar-refractivity contribution >= 4 is 10.1 Å². The number of nitrogens with two attached hydrogens (primary N) is 1. The second-order valence-corrected chi connectivity index (χ2v) is 11.1. The van der Waals surface area contributed by atoms with E-state index in [9.17, 15) is 8.42 Å². The molecule has 0 aliphatic carbocycles. The van der Waals surface area contributed by atoms with E-state index in [0.717, 1.165) is 19.4 Å². The van der Waals surface area contributed by atoms with Crippen LogP contribution in [0, 0.1) is 0 Å². The van der Waals surface area contributed by atoms with E-state index < -0.39 is 10.1 Å². The molecular weight excluding hydrogens is 406 g/mol. The molecule has 0 atom stereocenters. The van der Waals surface area contributed by atoms with Crippen molar-refractivity contribution in [2.45, 2.75) is 154 Å². The minimum absolute atomic E-state index is 0.0798. The van der Waals surface area contributed by atoms with Crippen LogP contribution in [0.25, 0.3) is 0 Å². The highest BCUT2D eigenvalue weighted by Crippen LogP contribution is 2.15. The fourth-order valence-electron chi connectivity index (χ4n) is 4.32. The summed E-state index contributed by atoms with van der Waals surface area (Å²) in [5.74, 6) is -0.0798. The molecule has 0 saturated heterocycles. The second kappa shape index (κ2) is 24.5. The average Bonchev–Trinajstić information content (AvgIpc) is 2.73.